The molecule has 1 rings (SSSR count). The molecule has 0 spiro atoms. The van der Waals surface area contributed by atoms with Gasteiger partial charge in [-0.1, -0.05) is 12.7 Å². The number of hydrogen-bond acceptors (Lipinski definition) is 4. The zero-order chi connectivity index (χ0) is 10.6. The molecule has 0 fully saturated rings. The molecule has 1 aromatic rings. The summed E-state index contributed by atoms with van der Waals surface area (Å²) in [6.45, 7) is 5.53. The molecule has 14 heavy (non-hydrogen) atoms. The number of nitrogens with two attached hydrogens (primary N) is 2. The Hall–Kier alpha value is -1.55. The van der Waals surface area contributed by atoms with E-state index in [4.69, 9.17) is 11.5 Å². The number of aryl methyl sites for hydroxylation is 1. The van der Waals surface area contributed by atoms with Crippen molar-refractivity contribution >= 4 is 17.0 Å². The molecule has 4 N–H and O–H groups in total. The minimum Gasteiger partial charge on any atom is -0.399 e. The minimum absolute atomic E-state index is 0.504. The van der Waals surface area contributed by atoms with E-state index < -0.39 is 0 Å². The topological polar surface area (TPSA) is 64.9 Å². The van der Waals surface area contributed by atoms with Crippen LogP contribution in [0.3, 0.4) is 0 Å². The van der Waals surface area contributed by atoms with Crippen LogP contribution < -0.4 is 11.5 Å². The van der Waals surface area contributed by atoms with Crippen molar-refractivity contribution in [1.29, 1.82) is 0 Å². The van der Waals surface area contributed by atoms with E-state index in [-0.39, 0.29) is 0 Å². The molecule has 74 valence electrons. The number of nitrogens with zero attached hydrogens (tertiary/aromatic N) is 1. The van der Waals surface area contributed by atoms with E-state index >= 15 is 0 Å². The lowest BCUT2D eigenvalue weighted by Gasteiger charge is -1.92. The Morgan fingerprint density at radius 3 is 2.79 bits per heavy atom. The SMILES string of the molecule is C=C(N)/C=C\C=C(/N)c1ncc(C)s1. The highest BCUT2D eigenvalue weighted by atomic mass is 32.1. The van der Waals surface area contributed by atoms with E-state index in [1.54, 1.807) is 35.8 Å². The predicted octanol–water partition coefficient (Wildman–Crippen LogP) is 1.78. The molecule has 0 unspecified atom stereocenters. The highest BCUT2D eigenvalue weighted by Crippen LogP contribution is 2.16. The summed E-state index contributed by atoms with van der Waals surface area (Å²) in [5.41, 5.74) is 12.3. The average molecular weight is 207 g/mol. The van der Waals surface area contributed by atoms with Crippen molar-refractivity contribution in [3.8, 4) is 0 Å². The summed E-state index contributed by atoms with van der Waals surface area (Å²) < 4.78 is 0. The van der Waals surface area contributed by atoms with Crippen LogP contribution in [0.2, 0.25) is 0 Å². The molecule has 3 nitrogen and oxygen atoms in total. The number of thiazole rings is 1. The van der Waals surface area contributed by atoms with Crippen molar-refractivity contribution in [2.24, 2.45) is 11.5 Å². The molecule has 0 aliphatic rings. The standard InChI is InChI=1S/C10H13N3S/c1-7(11)4-3-5-9(12)10-13-6-8(2)14-10/h3-6H,1,11-12H2,2H3/b4-3-,9-5-. The van der Waals surface area contributed by atoms with Crippen LogP contribution in [-0.2, 0) is 0 Å². The van der Waals surface area contributed by atoms with E-state index in [9.17, 15) is 0 Å². The van der Waals surface area contributed by atoms with Gasteiger partial charge in [-0.15, -0.1) is 11.3 Å². The summed E-state index contributed by atoms with van der Waals surface area (Å²) in [5, 5.41) is 0.829. The first-order valence-corrected chi connectivity index (χ1v) is 4.92. The second-order valence-corrected chi connectivity index (χ2v) is 4.07. The van der Waals surface area contributed by atoms with Crippen LogP contribution in [0, 0.1) is 6.92 Å². The van der Waals surface area contributed by atoms with E-state index in [2.05, 4.69) is 11.6 Å². The maximum absolute atomic E-state index is 5.78. The number of hydrogen-bond donors (Lipinski definition) is 2. The fourth-order valence-corrected chi connectivity index (χ4v) is 1.54. The molecule has 0 atom stereocenters. The molecular weight excluding hydrogens is 194 g/mol. The highest BCUT2D eigenvalue weighted by molar-refractivity contribution is 7.12. The Balaban J connectivity index is 2.75. The molecule has 0 saturated heterocycles. The van der Waals surface area contributed by atoms with Crippen LogP contribution in [0.4, 0.5) is 0 Å². The van der Waals surface area contributed by atoms with Gasteiger partial charge in [-0.05, 0) is 19.1 Å². The van der Waals surface area contributed by atoms with E-state index in [0.717, 1.165) is 9.88 Å². The van der Waals surface area contributed by atoms with Gasteiger partial charge >= 0.3 is 0 Å². The number of aromatic nitrogens is 1. The summed E-state index contributed by atoms with van der Waals surface area (Å²) in [5.74, 6) is 0. The molecule has 1 aromatic heterocycles. The molecule has 0 radical (unpaired) electrons. The summed E-state index contributed by atoms with van der Waals surface area (Å²) >= 11 is 1.56. The molecule has 0 saturated carbocycles. The van der Waals surface area contributed by atoms with Crippen molar-refractivity contribution in [3.63, 3.8) is 0 Å². The van der Waals surface area contributed by atoms with Gasteiger partial charge in [0, 0.05) is 16.8 Å². The number of rotatable bonds is 3. The van der Waals surface area contributed by atoms with Crippen LogP contribution in [0.5, 0.6) is 0 Å². The van der Waals surface area contributed by atoms with E-state index in [1.165, 1.54) is 0 Å². The Bertz CT molecular complexity index is 388. The number of allylic oxidation sites excluding steroid dienone is 3. The quantitative estimate of drug-likeness (QED) is 0.742. The molecule has 0 aliphatic carbocycles. The Morgan fingerprint density at radius 2 is 2.29 bits per heavy atom. The van der Waals surface area contributed by atoms with E-state index in [1.807, 2.05) is 6.92 Å². The summed E-state index contributed by atoms with van der Waals surface area (Å²) in [6, 6.07) is 0. The van der Waals surface area contributed by atoms with Gasteiger partial charge in [0.15, 0.2) is 0 Å². The normalized spacial score (nSPS) is 12.2. The van der Waals surface area contributed by atoms with Gasteiger partial charge in [0.1, 0.15) is 5.01 Å². The van der Waals surface area contributed by atoms with Gasteiger partial charge < -0.3 is 11.5 Å². The minimum atomic E-state index is 0.504. The zero-order valence-corrected chi connectivity index (χ0v) is 8.84. The maximum atomic E-state index is 5.78. The lowest BCUT2D eigenvalue weighted by atomic mass is 10.3. The summed E-state index contributed by atoms with van der Waals surface area (Å²) in [4.78, 5) is 5.29. The lowest BCUT2D eigenvalue weighted by molar-refractivity contribution is 1.33. The molecule has 0 amide bonds. The average Bonchev–Trinajstić information content (AvgIpc) is 2.51. The van der Waals surface area contributed by atoms with Crippen LogP contribution >= 0.6 is 11.3 Å². The van der Waals surface area contributed by atoms with Gasteiger partial charge in [-0.3, -0.25) is 0 Å². The highest BCUT2D eigenvalue weighted by Gasteiger charge is 1.99. The molecule has 1 heterocycles. The van der Waals surface area contributed by atoms with Crippen LogP contribution in [0.25, 0.3) is 5.70 Å². The fraction of sp³-hybridized carbons (Fsp3) is 0.100. The Kier molecular flexibility index (Phi) is 3.48. The molecular formula is C10H13N3S. The van der Waals surface area contributed by atoms with Gasteiger partial charge in [-0.25, -0.2) is 4.98 Å². The van der Waals surface area contributed by atoms with Crippen LogP contribution in [0.1, 0.15) is 9.88 Å². The summed E-state index contributed by atoms with van der Waals surface area (Å²) in [7, 11) is 0. The summed E-state index contributed by atoms with van der Waals surface area (Å²) in [6.07, 6.45) is 7.00. The molecule has 4 heteroatoms. The third-order valence-electron chi connectivity index (χ3n) is 1.45. The smallest absolute Gasteiger partial charge is 0.139 e. The third-order valence-corrected chi connectivity index (χ3v) is 2.42. The molecule has 0 aromatic carbocycles. The maximum Gasteiger partial charge on any atom is 0.139 e. The third kappa shape index (κ3) is 3.06. The second-order valence-electron chi connectivity index (χ2n) is 2.83. The molecule has 0 bridgehead atoms. The van der Waals surface area contributed by atoms with Crippen molar-refractivity contribution in [2.75, 3.05) is 0 Å². The van der Waals surface area contributed by atoms with Crippen molar-refractivity contribution < 1.29 is 0 Å². The first kappa shape index (κ1) is 10.5. The molecule has 0 aliphatic heterocycles. The van der Waals surface area contributed by atoms with Gasteiger partial charge in [0.05, 0.1) is 5.70 Å². The first-order chi connectivity index (χ1) is 6.59. The van der Waals surface area contributed by atoms with Crippen LogP contribution in [0.15, 0.2) is 36.7 Å². The predicted molar refractivity (Wildman–Crippen MR) is 61.5 cm³/mol. The zero-order valence-electron chi connectivity index (χ0n) is 8.03. The second kappa shape index (κ2) is 4.62. The lowest BCUT2D eigenvalue weighted by Crippen LogP contribution is -1.94. The van der Waals surface area contributed by atoms with Gasteiger partial charge in [-0.2, -0.15) is 0 Å². The van der Waals surface area contributed by atoms with Crippen molar-refractivity contribution in [3.05, 3.63) is 46.6 Å². The van der Waals surface area contributed by atoms with Crippen LogP contribution in [-0.4, -0.2) is 4.98 Å². The monoisotopic (exact) mass is 207 g/mol. The first-order valence-electron chi connectivity index (χ1n) is 4.10. The van der Waals surface area contributed by atoms with E-state index in [0.29, 0.717) is 11.4 Å². The van der Waals surface area contributed by atoms with Crippen molar-refractivity contribution in [1.82, 2.24) is 4.98 Å². The Labute approximate surface area is 87.5 Å². The van der Waals surface area contributed by atoms with Gasteiger partial charge in [0.25, 0.3) is 0 Å². The Morgan fingerprint density at radius 1 is 1.57 bits per heavy atom. The fourth-order valence-electron chi connectivity index (χ4n) is 0.835. The largest absolute Gasteiger partial charge is 0.399 e. The van der Waals surface area contributed by atoms with Gasteiger partial charge in [0.2, 0.25) is 0 Å². The van der Waals surface area contributed by atoms with Crippen molar-refractivity contribution in [2.45, 2.75) is 6.92 Å².